The van der Waals surface area contributed by atoms with Crippen LogP contribution in [0.15, 0.2) is 112 Å². The number of nitrogens with zero attached hydrogens (tertiary/aromatic N) is 2. The van der Waals surface area contributed by atoms with E-state index in [9.17, 15) is 0 Å². The van der Waals surface area contributed by atoms with Crippen molar-refractivity contribution in [3.05, 3.63) is 109 Å². The zero-order chi connectivity index (χ0) is 24.5. The second-order valence-corrected chi connectivity index (χ2v) is 9.46. The number of benzene rings is 5. The Labute approximate surface area is 212 Å². The van der Waals surface area contributed by atoms with Crippen LogP contribution in [0.5, 0.6) is 0 Å². The van der Waals surface area contributed by atoms with Crippen LogP contribution in [-0.2, 0) is 6.42 Å². The third-order valence-electron chi connectivity index (χ3n) is 7.35. The van der Waals surface area contributed by atoms with E-state index in [0.717, 1.165) is 84.0 Å². The molecule has 4 heteroatoms. The molecule has 37 heavy (non-hydrogen) atoms. The maximum Gasteiger partial charge on any atom is 0.147 e. The average Bonchev–Trinajstić information content (AvgIpc) is 3.63. The van der Waals surface area contributed by atoms with Gasteiger partial charge in [-0.1, -0.05) is 67.6 Å². The zero-order valence-corrected chi connectivity index (χ0v) is 20.2. The zero-order valence-electron chi connectivity index (χ0n) is 20.2. The molecule has 0 aliphatic rings. The van der Waals surface area contributed by atoms with Crippen molar-refractivity contribution >= 4 is 54.9 Å². The molecule has 8 aromatic rings. The van der Waals surface area contributed by atoms with Crippen LogP contribution < -0.4 is 0 Å². The second-order valence-electron chi connectivity index (χ2n) is 9.46. The van der Waals surface area contributed by atoms with Gasteiger partial charge in [-0.15, -0.1) is 0 Å². The number of imidazole rings is 1. The molecule has 3 aromatic heterocycles. The van der Waals surface area contributed by atoms with E-state index in [1.807, 2.05) is 30.3 Å². The van der Waals surface area contributed by atoms with Gasteiger partial charge in [0.2, 0.25) is 0 Å². The molecule has 0 saturated heterocycles. The Hall–Kier alpha value is -4.83. The lowest BCUT2D eigenvalue weighted by molar-refractivity contribution is 0.663. The van der Waals surface area contributed by atoms with Gasteiger partial charge in [0.1, 0.15) is 28.2 Å². The van der Waals surface area contributed by atoms with Crippen molar-refractivity contribution in [1.29, 1.82) is 0 Å². The molecule has 0 saturated carbocycles. The summed E-state index contributed by atoms with van der Waals surface area (Å²) in [5.74, 6) is 1.04. The number of aryl methyl sites for hydroxylation is 1. The summed E-state index contributed by atoms with van der Waals surface area (Å²) in [5, 5.41) is 4.29. The van der Waals surface area contributed by atoms with E-state index in [-0.39, 0.29) is 0 Å². The largest absolute Gasteiger partial charge is 0.455 e. The van der Waals surface area contributed by atoms with Crippen LogP contribution in [0.1, 0.15) is 12.7 Å². The van der Waals surface area contributed by atoms with Gasteiger partial charge in [-0.05, 0) is 48.0 Å². The minimum atomic E-state index is 0.844. The van der Waals surface area contributed by atoms with E-state index in [1.54, 1.807) is 0 Å². The van der Waals surface area contributed by atoms with E-state index >= 15 is 0 Å². The lowest BCUT2D eigenvalue weighted by atomic mass is 9.98. The molecule has 0 unspecified atom stereocenters. The first-order valence-electron chi connectivity index (χ1n) is 12.6. The molecule has 0 aliphatic heterocycles. The molecule has 5 aromatic carbocycles. The molecule has 4 nitrogen and oxygen atoms in total. The lowest BCUT2D eigenvalue weighted by Crippen LogP contribution is -2.00. The Kier molecular flexibility index (Phi) is 4.17. The van der Waals surface area contributed by atoms with E-state index in [1.165, 1.54) is 0 Å². The van der Waals surface area contributed by atoms with E-state index in [4.69, 9.17) is 13.8 Å². The molecular formula is C33H22N2O2. The van der Waals surface area contributed by atoms with E-state index < -0.39 is 0 Å². The number of aromatic nitrogens is 2. The number of hydrogen-bond donors (Lipinski definition) is 0. The van der Waals surface area contributed by atoms with Crippen LogP contribution in [0.4, 0.5) is 0 Å². The highest BCUT2D eigenvalue weighted by Crippen LogP contribution is 2.44. The van der Waals surface area contributed by atoms with Crippen LogP contribution in [0.3, 0.4) is 0 Å². The number of furan rings is 2. The average molecular weight is 479 g/mol. The first-order chi connectivity index (χ1) is 18.3. The summed E-state index contributed by atoms with van der Waals surface area (Å²) in [7, 11) is 0. The van der Waals surface area contributed by atoms with Gasteiger partial charge in [-0.2, -0.15) is 0 Å². The van der Waals surface area contributed by atoms with Gasteiger partial charge in [-0.25, -0.2) is 4.98 Å². The van der Waals surface area contributed by atoms with Gasteiger partial charge in [0.05, 0.1) is 16.4 Å². The number of hydrogen-bond acceptors (Lipinski definition) is 3. The smallest absolute Gasteiger partial charge is 0.147 e. The highest BCUT2D eigenvalue weighted by molar-refractivity contribution is 6.25. The van der Waals surface area contributed by atoms with Crippen molar-refractivity contribution in [2.24, 2.45) is 0 Å². The van der Waals surface area contributed by atoms with E-state index in [2.05, 4.69) is 84.3 Å². The quantitative estimate of drug-likeness (QED) is 0.254. The van der Waals surface area contributed by atoms with Crippen LogP contribution in [0.2, 0.25) is 0 Å². The summed E-state index contributed by atoms with van der Waals surface area (Å²) in [6.45, 7) is 2.15. The van der Waals surface area contributed by atoms with Gasteiger partial charge in [0, 0.05) is 33.8 Å². The summed E-state index contributed by atoms with van der Waals surface area (Å²) in [5.41, 5.74) is 8.81. The molecule has 176 valence electrons. The monoisotopic (exact) mass is 478 g/mol. The van der Waals surface area contributed by atoms with Gasteiger partial charge >= 0.3 is 0 Å². The Balaban J connectivity index is 1.46. The Morgan fingerprint density at radius 1 is 0.676 bits per heavy atom. The molecule has 8 rings (SSSR count). The van der Waals surface area contributed by atoms with Crippen molar-refractivity contribution in [3.63, 3.8) is 0 Å². The molecule has 0 bridgehead atoms. The molecule has 0 N–H and O–H groups in total. The summed E-state index contributed by atoms with van der Waals surface area (Å²) in [4.78, 5) is 4.89. The predicted molar refractivity (Wildman–Crippen MR) is 150 cm³/mol. The molecule has 0 atom stereocenters. The highest BCUT2D eigenvalue weighted by atomic mass is 16.3. The van der Waals surface area contributed by atoms with E-state index in [0.29, 0.717) is 0 Å². The van der Waals surface area contributed by atoms with Crippen molar-refractivity contribution in [2.75, 3.05) is 0 Å². The maximum atomic E-state index is 6.51. The molecule has 0 radical (unpaired) electrons. The van der Waals surface area contributed by atoms with Crippen LogP contribution in [-0.4, -0.2) is 9.55 Å². The van der Waals surface area contributed by atoms with Crippen molar-refractivity contribution < 1.29 is 8.83 Å². The lowest BCUT2D eigenvalue weighted by Gasteiger charge is -2.11. The summed E-state index contributed by atoms with van der Waals surface area (Å²) in [6, 6.07) is 35.6. The highest BCUT2D eigenvalue weighted by Gasteiger charge is 2.21. The standard InChI is InChI=1S/C33H22N2O2/c1-2-30-34-26-14-5-6-15-27(26)35(30)21-11-9-10-20(18-21)24-19-25-22-12-3-7-16-28(22)36-33(25)31-23-13-4-8-17-29(23)37-32(24)31/h3-19H,2H2,1H3. The fraction of sp³-hybridized carbons (Fsp3) is 0.0606. The number of fused-ring (bicyclic) bond motifs is 8. The minimum Gasteiger partial charge on any atom is -0.455 e. The number of rotatable bonds is 3. The van der Waals surface area contributed by atoms with Crippen LogP contribution in [0.25, 0.3) is 71.7 Å². The van der Waals surface area contributed by atoms with Gasteiger partial charge in [-0.3, -0.25) is 4.57 Å². The molecule has 0 spiro atoms. The molecule has 0 aliphatic carbocycles. The fourth-order valence-corrected chi connectivity index (χ4v) is 5.69. The van der Waals surface area contributed by atoms with Gasteiger partial charge in [0.25, 0.3) is 0 Å². The van der Waals surface area contributed by atoms with Crippen molar-refractivity contribution in [3.8, 4) is 16.8 Å². The summed E-state index contributed by atoms with van der Waals surface area (Å²) < 4.78 is 15.2. The molecule has 0 fully saturated rings. The Bertz CT molecular complexity index is 2140. The van der Waals surface area contributed by atoms with Gasteiger partial charge < -0.3 is 8.83 Å². The predicted octanol–water partition coefficient (Wildman–Crippen LogP) is 9.05. The van der Waals surface area contributed by atoms with Crippen molar-refractivity contribution in [1.82, 2.24) is 9.55 Å². The van der Waals surface area contributed by atoms with Crippen LogP contribution >= 0.6 is 0 Å². The molecule has 0 amide bonds. The fourth-order valence-electron chi connectivity index (χ4n) is 5.69. The normalized spacial score (nSPS) is 12.0. The Morgan fingerprint density at radius 2 is 1.41 bits per heavy atom. The third-order valence-corrected chi connectivity index (χ3v) is 7.35. The second kappa shape index (κ2) is 7.58. The topological polar surface area (TPSA) is 44.1 Å². The van der Waals surface area contributed by atoms with Crippen molar-refractivity contribution in [2.45, 2.75) is 13.3 Å². The molecular weight excluding hydrogens is 456 g/mol. The minimum absolute atomic E-state index is 0.844. The first-order valence-corrected chi connectivity index (χ1v) is 12.6. The van der Waals surface area contributed by atoms with Crippen LogP contribution in [0, 0.1) is 0 Å². The Morgan fingerprint density at radius 3 is 2.27 bits per heavy atom. The third kappa shape index (κ3) is 2.87. The summed E-state index contributed by atoms with van der Waals surface area (Å²) in [6.07, 6.45) is 0.847. The SMILES string of the molecule is CCc1nc2ccccc2n1-c1cccc(-c2cc3c4ccccc4oc3c3c2oc2ccccc23)c1. The summed E-state index contributed by atoms with van der Waals surface area (Å²) >= 11 is 0. The number of para-hydroxylation sites is 4. The molecule has 3 heterocycles. The first kappa shape index (κ1) is 20.4. The van der Waals surface area contributed by atoms with Gasteiger partial charge in [0.15, 0.2) is 0 Å². The maximum absolute atomic E-state index is 6.51.